The number of carbonyl (C=O) groups excluding carboxylic acids is 1. The van der Waals surface area contributed by atoms with E-state index in [9.17, 15) is 9.18 Å². The van der Waals surface area contributed by atoms with Gasteiger partial charge in [-0.2, -0.15) is 5.10 Å². The normalized spacial score (nSPS) is 11.8. The summed E-state index contributed by atoms with van der Waals surface area (Å²) in [6.07, 6.45) is 2.61. The summed E-state index contributed by atoms with van der Waals surface area (Å²) in [7, 11) is 0. The van der Waals surface area contributed by atoms with Crippen molar-refractivity contribution in [3.05, 3.63) is 71.3 Å². The van der Waals surface area contributed by atoms with Crippen LogP contribution in [0.25, 0.3) is 0 Å². The van der Waals surface area contributed by atoms with Crippen molar-refractivity contribution in [1.29, 1.82) is 0 Å². The molecule has 0 radical (unpaired) electrons. The molecule has 134 valence electrons. The number of pyridine rings is 1. The smallest absolute Gasteiger partial charge is 0.253 e. The molecule has 0 aliphatic heterocycles. The molecule has 2 N–H and O–H groups in total. The molecule has 8 heteroatoms. The van der Waals surface area contributed by atoms with Crippen LogP contribution in [0.1, 0.15) is 40.6 Å². The quantitative estimate of drug-likeness (QED) is 0.709. The van der Waals surface area contributed by atoms with Crippen molar-refractivity contribution >= 4 is 5.91 Å². The van der Waals surface area contributed by atoms with E-state index in [-0.39, 0.29) is 12.5 Å². The molecule has 0 aliphatic carbocycles. The molecule has 1 unspecified atom stereocenters. The summed E-state index contributed by atoms with van der Waals surface area (Å²) >= 11 is 0. The summed E-state index contributed by atoms with van der Waals surface area (Å²) in [5.74, 6) is 0.760. The molecule has 1 atom stereocenters. The van der Waals surface area contributed by atoms with Gasteiger partial charge in [0.25, 0.3) is 5.91 Å². The van der Waals surface area contributed by atoms with E-state index in [4.69, 9.17) is 4.74 Å². The van der Waals surface area contributed by atoms with E-state index in [0.717, 1.165) is 0 Å². The number of hydrogen-bond donors (Lipinski definition) is 2. The number of amides is 1. The number of aromatic amines is 1. The predicted molar refractivity (Wildman–Crippen MR) is 92.0 cm³/mol. The lowest BCUT2D eigenvalue weighted by Crippen LogP contribution is -2.23. The number of benzene rings is 1. The molecule has 26 heavy (non-hydrogen) atoms. The Balaban J connectivity index is 1.61. The number of aromatic nitrogens is 4. The van der Waals surface area contributed by atoms with Crippen molar-refractivity contribution in [3.8, 4) is 5.75 Å². The van der Waals surface area contributed by atoms with Crippen molar-refractivity contribution < 1.29 is 13.9 Å². The van der Waals surface area contributed by atoms with Crippen LogP contribution in [0.3, 0.4) is 0 Å². The van der Waals surface area contributed by atoms with Crippen molar-refractivity contribution in [2.75, 3.05) is 0 Å². The van der Waals surface area contributed by atoms with Crippen LogP contribution in [0.2, 0.25) is 0 Å². The highest BCUT2D eigenvalue weighted by Gasteiger charge is 2.14. The van der Waals surface area contributed by atoms with Gasteiger partial charge in [-0.05, 0) is 32.0 Å². The number of halogens is 1. The van der Waals surface area contributed by atoms with E-state index in [1.54, 1.807) is 44.3 Å². The van der Waals surface area contributed by atoms with Gasteiger partial charge in [-0.15, -0.1) is 0 Å². The second-order valence-electron chi connectivity index (χ2n) is 5.72. The van der Waals surface area contributed by atoms with E-state index in [2.05, 4.69) is 25.5 Å². The van der Waals surface area contributed by atoms with Crippen LogP contribution < -0.4 is 10.1 Å². The summed E-state index contributed by atoms with van der Waals surface area (Å²) in [5, 5.41) is 9.42. The lowest BCUT2D eigenvalue weighted by molar-refractivity contribution is 0.0950. The summed E-state index contributed by atoms with van der Waals surface area (Å²) < 4.78 is 19.9. The van der Waals surface area contributed by atoms with E-state index < -0.39 is 11.9 Å². The lowest BCUT2D eigenvalue weighted by Gasteiger charge is -2.13. The van der Waals surface area contributed by atoms with Crippen molar-refractivity contribution in [3.63, 3.8) is 0 Å². The first kappa shape index (κ1) is 17.5. The predicted octanol–water partition coefficient (Wildman–Crippen LogP) is 2.72. The Morgan fingerprint density at radius 1 is 1.38 bits per heavy atom. The van der Waals surface area contributed by atoms with E-state index in [1.165, 1.54) is 12.3 Å². The fourth-order valence-electron chi connectivity index (χ4n) is 2.32. The molecule has 2 heterocycles. The maximum Gasteiger partial charge on any atom is 0.253 e. The van der Waals surface area contributed by atoms with Crippen LogP contribution in [0.4, 0.5) is 4.39 Å². The largest absolute Gasteiger partial charge is 0.483 e. The first-order valence-corrected chi connectivity index (χ1v) is 8.05. The highest BCUT2D eigenvalue weighted by Crippen LogP contribution is 2.22. The first-order chi connectivity index (χ1) is 12.5. The SMILES string of the molecule is Cc1nc(C(C)Oc2ccc(CNC(=O)c3cccnc3)c(F)c2)n[nH]1. The fourth-order valence-corrected chi connectivity index (χ4v) is 2.32. The van der Waals surface area contributed by atoms with Crippen LogP contribution in [-0.4, -0.2) is 26.1 Å². The number of carbonyl (C=O) groups is 1. The number of aryl methyl sites for hydroxylation is 1. The zero-order chi connectivity index (χ0) is 18.5. The molecular weight excluding hydrogens is 337 g/mol. The zero-order valence-corrected chi connectivity index (χ0v) is 14.4. The number of nitrogens with one attached hydrogen (secondary N) is 2. The van der Waals surface area contributed by atoms with Gasteiger partial charge in [0, 0.05) is 30.6 Å². The summed E-state index contributed by atoms with van der Waals surface area (Å²) in [6.45, 7) is 3.63. The van der Waals surface area contributed by atoms with Crippen LogP contribution in [0.5, 0.6) is 5.75 Å². The monoisotopic (exact) mass is 355 g/mol. The highest BCUT2D eigenvalue weighted by molar-refractivity contribution is 5.93. The number of ether oxygens (including phenoxy) is 1. The molecule has 0 aliphatic rings. The molecular formula is C18H18FN5O2. The van der Waals surface area contributed by atoms with Crippen molar-refractivity contribution in [2.24, 2.45) is 0 Å². The summed E-state index contributed by atoms with van der Waals surface area (Å²) in [5.41, 5.74) is 0.777. The Morgan fingerprint density at radius 3 is 2.88 bits per heavy atom. The second kappa shape index (κ2) is 7.73. The van der Waals surface area contributed by atoms with E-state index in [1.807, 2.05) is 0 Å². The van der Waals surface area contributed by atoms with Gasteiger partial charge in [0.1, 0.15) is 17.4 Å². The Kier molecular flexibility index (Phi) is 5.21. The maximum absolute atomic E-state index is 14.3. The third-order valence-electron chi connectivity index (χ3n) is 3.68. The summed E-state index contributed by atoms with van der Waals surface area (Å²) in [4.78, 5) is 20.1. The minimum Gasteiger partial charge on any atom is -0.483 e. The molecule has 3 aromatic rings. The van der Waals surface area contributed by atoms with Gasteiger partial charge in [0.2, 0.25) is 0 Å². The van der Waals surface area contributed by atoms with Gasteiger partial charge in [-0.1, -0.05) is 6.07 Å². The van der Waals surface area contributed by atoms with Gasteiger partial charge in [0.05, 0.1) is 5.56 Å². The van der Waals surface area contributed by atoms with Crippen LogP contribution >= 0.6 is 0 Å². The second-order valence-corrected chi connectivity index (χ2v) is 5.72. The third kappa shape index (κ3) is 4.21. The zero-order valence-electron chi connectivity index (χ0n) is 14.4. The van der Waals surface area contributed by atoms with E-state index in [0.29, 0.717) is 28.5 Å². The number of nitrogens with zero attached hydrogens (tertiary/aromatic N) is 3. The average molecular weight is 355 g/mol. The third-order valence-corrected chi connectivity index (χ3v) is 3.68. The van der Waals surface area contributed by atoms with E-state index >= 15 is 0 Å². The fraction of sp³-hybridized carbons (Fsp3) is 0.222. The minimum atomic E-state index is -0.465. The standard InChI is InChI=1S/C18H18FN5O2/c1-11(17-22-12(2)23-24-17)26-15-6-5-13(16(19)8-15)10-21-18(25)14-4-3-7-20-9-14/h3-9,11H,10H2,1-2H3,(H,21,25)(H,22,23,24). The van der Waals surface area contributed by atoms with Gasteiger partial charge in [-0.25, -0.2) is 9.37 Å². The number of hydrogen-bond acceptors (Lipinski definition) is 5. The molecule has 0 saturated heterocycles. The Labute approximate surface area is 149 Å². The van der Waals surface area contributed by atoms with Gasteiger partial charge >= 0.3 is 0 Å². The Hall–Kier alpha value is -3.29. The number of rotatable bonds is 6. The maximum atomic E-state index is 14.3. The van der Waals surface area contributed by atoms with Gasteiger partial charge in [-0.3, -0.25) is 14.9 Å². The lowest BCUT2D eigenvalue weighted by atomic mass is 10.2. The van der Waals surface area contributed by atoms with Crippen LogP contribution in [-0.2, 0) is 6.54 Å². The molecule has 1 aromatic carbocycles. The molecule has 1 amide bonds. The Bertz CT molecular complexity index is 898. The van der Waals surface area contributed by atoms with Crippen LogP contribution in [0.15, 0.2) is 42.7 Å². The Morgan fingerprint density at radius 2 is 2.23 bits per heavy atom. The molecule has 0 bridgehead atoms. The van der Waals surface area contributed by atoms with Gasteiger partial charge < -0.3 is 10.1 Å². The van der Waals surface area contributed by atoms with Crippen LogP contribution in [0, 0.1) is 12.7 Å². The van der Waals surface area contributed by atoms with Crippen molar-refractivity contribution in [1.82, 2.24) is 25.5 Å². The average Bonchev–Trinajstić information content (AvgIpc) is 3.08. The van der Waals surface area contributed by atoms with Gasteiger partial charge in [0.15, 0.2) is 11.9 Å². The highest BCUT2D eigenvalue weighted by atomic mass is 19.1. The molecule has 0 fully saturated rings. The first-order valence-electron chi connectivity index (χ1n) is 8.05. The molecule has 7 nitrogen and oxygen atoms in total. The summed E-state index contributed by atoms with van der Waals surface area (Å²) in [6, 6.07) is 7.80. The molecule has 2 aromatic heterocycles. The van der Waals surface area contributed by atoms with Crippen molar-refractivity contribution in [2.45, 2.75) is 26.5 Å². The molecule has 0 spiro atoms. The minimum absolute atomic E-state index is 0.0650. The number of H-pyrrole nitrogens is 1. The molecule has 3 rings (SSSR count). The topological polar surface area (TPSA) is 92.8 Å². The molecule has 0 saturated carbocycles.